The van der Waals surface area contributed by atoms with Crippen LogP contribution in [-0.2, 0) is 9.53 Å². The molecule has 0 saturated heterocycles. The number of primary amides is 1. The molecule has 4 nitrogen and oxygen atoms in total. The number of amides is 1. The minimum atomic E-state index is -0.911. The highest BCUT2D eigenvalue weighted by molar-refractivity contribution is 14.1. The molecule has 0 bridgehead atoms. The third-order valence-corrected chi connectivity index (χ3v) is 1.63. The topological polar surface area (TPSA) is 69.4 Å². The van der Waals surface area contributed by atoms with E-state index in [1.165, 1.54) is 6.92 Å². The molecule has 1 atom stereocenters. The number of ether oxygens (including phenoxy) is 1. The van der Waals surface area contributed by atoms with Crippen LogP contribution in [0.25, 0.3) is 0 Å². The lowest BCUT2D eigenvalue weighted by molar-refractivity contribution is -0.123. The van der Waals surface area contributed by atoms with Gasteiger partial charge in [-0.25, -0.2) is 4.79 Å². The van der Waals surface area contributed by atoms with Crippen LogP contribution in [0.2, 0.25) is 0 Å². The maximum absolute atomic E-state index is 10.7. The SMILES string of the molecule is CC(OC(N)=O)C(=O)CI. The Morgan fingerprint density at radius 3 is 2.50 bits per heavy atom. The summed E-state index contributed by atoms with van der Waals surface area (Å²) in [5, 5.41) is 0. The predicted octanol–water partition coefficient (Wildman–Crippen LogP) is 0.474. The number of carbonyl (C=O) groups is 2. The highest BCUT2D eigenvalue weighted by Gasteiger charge is 2.13. The summed E-state index contributed by atoms with van der Waals surface area (Å²) in [7, 11) is 0. The van der Waals surface area contributed by atoms with E-state index >= 15 is 0 Å². The fourth-order valence-electron chi connectivity index (χ4n) is 0.349. The largest absolute Gasteiger partial charge is 0.439 e. The number of hydrogen-bond acceptors (Lipinski definition) is 3. The molecule has 0 aliphatic carbocycles. The van der Waals surface area contributed by atoms with Crippen molar-refractivity contribution >= 4 is 34.5 Å². The molecule has 5 heteroatoms. The van der Waals surface area contributed by atoms with Crippen molar-refractivity contribution in [1.29, 1.82) is 0 Å². The molecule has 0 saturated carbocycles. The second kappa shape index (κ2) is 4.48. The van der Waals surface area contributed by atoms with Crippen molar-refractivity contribution in [2.24, 2.45) is 5.73 Å². The first-order valence-electron chi connectivity index (χ1n) is 2.62. The Labute approximate surface area is 72.2 Å². The van der Waals surface area contributed by atoms with E-state index in [2.05, 4.69) is 10.5 Å². The van der Waals surface area contributed by atoms with Crippen LogP contribution in [0.5, 0.6) is 0 Å². The van der Waals surface area contributed by atoms with Crippen LogP contribution in [0.15, 0.2) is 0 Å². The van der Waals surface area contributed by atoms with Crippen LogP contribution < -0.4 is 5.73 Å². The van der Waals surface area contributed by atoms with Crippen LogP contribution in [0.1, 0.15) is 6.92 Å². The summed E-state index contributed by atoms with van der Waals surface area (Å²) in [4.78, 5) is 20.8. The van der Waals surface area contributed by atoms with E-state index in [1.807, 2.05) is 22.6 Å². The fraction of sp³-hybridized carbons (Fsp3) is 0.600. The Morgan fingerprint density at radius 1 is 1.70 bits per heavy atom. The number of hydrogen-bond donors (Lipinski definition) is 1. The molecule has 0 spiro atoms. The van der Waals surface area contributed by atoms with Crippen molar-refractivity contribution < 1.29 is 14.3 Å². The third kappa shape index (κ3) is 3.65. The van der Waals surface area contributed by atoms with Gasteiger partial charge in [0.1, 0.15) is 0 Å². The van der Waals surface area contributed by atoms with Crippen molar-refractivity contribution in [2.75, 3.05) is 4.43 Å². The molecule has 0 aromatic carbocycles. The molecule has 1 amide bonds. The minimum absolute atomic E-state index is 0.139. The molecule has 1 unspecified atom stereocenters. The van der Waals surface area contributed by atoms with Gasteiger partial charge in [-0.15, -0.1) is 0 Å². The molecule has 0 rings (SSSR count). The van der Waals surface area contributed by atoms with Gasteiger partial charge in [-0.3, -0.25) is 4.79 Å². The van der Waals surface area contributed by atoms with Crippen LogP contribution in [0.4, 0.5) is 4.79 Å². The molecule has 10 heavy (non-hydrogen) atoms. The lowest BCUT2D eigenvalue weighted by Crippen LogP contribution is -2.27. The monoisotopic (exact) mass is 257 g/mol. The third-order valence-electron chi connectivity index (χ3n) is 0.878. The molecule has 0 aromatic heterocycles. The molecule has 0 aliphatic rings. The quantitative estimate of drug-likeness (QED) is 0.590. The Morgan fingerprint density at radius 2 is 2.20 bits per heavy atom. The highest BCUT2D eigenvalue weighted by atomic mass is 127. The Balaban J connectivity index is 3.72. The first-order chi connectivity index (χ1) is 4.57. The second-order valence-electron chi connectivity index (χ2n) is 1.68. The van der Waals surface area contributed by atoms with Gasteiger partial charge in [0.05, 0.1) is 4.43 Å². The van der Waals surface area contributed by atoms with Gasteiger partial charge >= 0.3 is 6.09 Å². The average molecular weight is 257 g/mol. The summed E-state index contributed by atoms with van der Waals surface area (Å²) in [5.41, 5.74) is 4.67. The highest BCUT2D eigenvalue weighted by Crippen LogP contribution is 1.95. The molecule has 0 aliphatic heterocycles. The average Bonchev–Trinajstić information content (AvgIpc) is 1.85. The van der Waals surface area contributed by atoms with Crippen molar-refractivity contribution in [1.82, 2.24) is 0 Å². The van der Waals surface area contributed by atoms with E-state index in [9.17, 15) is 9.59 Å². The number of halogens is 1. The van der Waals surface area contributed by atoms with E-state index in [0.29, 0.717) is 4.43 Å². The second-order valence-corrected chi connectivity index (χ2v) is 2.44. The number of carbonyl (C=O) groups excluding carboxylic acids is 2. The molecular weight excluding hydrogens is 249 g/mol. The van der Waals surface area contributed by atoms with Gasteiger partial charge in [-0.1, -0.05) is 22.6 Å². The number of alkyl halides is 1. The molecule has 0 heterocycles. The molecular formula is C5H8INO3. The Bertz CT molecular complexity index is 148. The van der Waals surface area contributed by atoms with E-state index in [-0.39, 0.29) is 5.78 Å². The Kier molecular flexibility index (Phi) is 4.33. The summed E-state index contributed by atoms with van der Waals surface area (Å²) >= 11 is 1.89. The molecule has 2 N–H and O–H groups in total. The summed E-state index contributed by atoms with van der Waals surface area (Å²) in [6.07, 6.45) is -1.62. The summed E-state index contributed by atoms with van der Waals surface area (Å²) in [6.45, 7) is 1.49. The lowest BCUT2D eigenvalue weighted by atomic mass is 10.3. The fourth-order valence-corrected chi connectivity index (χ4v) is 0.969. The van der Waals surface area contributed by atoms with Gasteiger partial charge in [0.2, 0.25) is 0 Å². The van der Waals surface area contributed by atoms with Crippen molar-refractivity contribution in [3.8, 4) is 0 Å². The van der Waals surface area contributed by atoms with Gasteiger partial charge < -0.3 is 10.5 Å². The van der Waals surface area contributed by atoms with E-state index in [0.717, 1.165) is 0 Å². The lowest BCUT2D eigenvalue weighted by Gasteiger charge is -2.06. The summed E-state index contributed by atoms with van der Waals surface area (Å²) < 4.78 is 4.71. The molecule has 0 fully saturated rings. The summed E-state index contributed by atoms with van der Waals surface area (Å²) in [5.74, 6) is -0.139. The van der Waals surface area contributed by atoms with Gasteiger partial charge in [-0.2, -0.15) is 0 Å². The molecule has 58 valence electrons. The number of nitrogens with two attached hydrogens (primary N) is 1. The first kappa shape index (κ1) is 9.67. The van der Waals surface area contributed by atoms with Gasteiger partial charge in [0, 0.05) is 0 Å². The standard InChI is InChI=1S/C5H8INO3/c1-3(4(8)2-6)10-5(7)9/h3H,2H2,1H3,(H2,7,9). The smallest absolute Gasteiger partial charge is 0.405 e. The maximum atomic E-state index is 10.7. The van der Waals surface area contributed by atoms with E-state index in [1.54, 1.807) is 0 Å². The van der Waals surface area contributed by atoms with Crippen molar-refractivity contribution in [2.45, 2.75) is 13.0 Å². The maximum Gasteiger partial charge on any atom is 0.405 e. The van der Waals surface area contributed by atoms with Crippen LogP contribution in [0, 0.1) is 0 Å². The zero-order valence-electron chi connectivity index (χ0n) is 5.46. The minimum Gasteiger partial charge on any atom is -0.439 e. The first-order valence-corrected chi connectivity index (χ1v) is 4.15. The molecule has 0 aromatic rings. The van der Waals surface area contributed by atoms with E-state index < -0.39 is 12.2 Å². The van der Waals surface area contributed by atoms with Crippen molar-refractivity contribution in [3.05, 3.63) is 0 Å². The normalized spacial score (nSPS) is 12.2. The number of rotatable bonds is 3. The zero-order chi connectivity index (χ0) is 8.15. The van der Waals surface area contributed by atoms with Crippen LogP contribution in [-0.4, -0.2) is 22.4 Å². The summed E-state index contributed by atoms with van der Waals surface area (Å²) in [6, 6.07) is 0. The number of Topliss-reactive ketones (excluding diaryl/α,β-unsaturated/α-hetero) is 1. The number of ketones is 1. The zero-order valence-corrected chi connectivity index (χ0v) is 7.62. The predicted molar refractivity (Wildman–Crippen MR) is 44.0 cm³/mol. The van der Waals surface area contributed by atoms with Gasteiger partial charge in [0.15, 0.2) is 11.9 Å². The molecule has 0 radical (unpaired) electrons. The van der Waals surface area contributed by atoms with Crippen LogP contribution in [0.3, 0.4) is 0 Å². The van der Waals surface area contributed by atoms with Gasteiger partial charge in [-0.05, 0) is 6.92 Å². The van der Waals surface area contributed by atoms with Crippen molar-refractivity contribution in [3.63, 3.8) is 0 Å². The van der Waals surface area contributed by atoms with E-state index in [4.69, 9.17) is 0 Å². The van der Waals surface area contributed by atoms with Gasteiger partial charge in [0.25, 0.3) is 0 Å². The van der Waals surface area contributed by atoms with Crippen LogP contribution >= 0.6 is 22.6 Å². The Hall–Kier alpha value is -0.330.